The first-order valence-corrected chi connectivity index (χ1v) is 6.82. The van der Waals surface area contributed by atoms with Gasteiger partial charge < -0.3 is 9.50 Å². The standard InChI is InChI=1S/C9H16BrNO3S/c1-8(12)14-15-7-9(13)11-6-4-2-3-5-10/h2-7H2,1H3,(H,11,13). The molecule has 0 fully saturated rings. The molecule has 1 N–H and O–H groups in total. The molecule has 0 aromatic heterocycles. The van der Waals surface area contributed by atoms with E-state index in [0.717, 1.165) is 36.6 Å². The number of carbonyl (C=O) groups is 2. The van der Waals surface area contributed by atoms with Crippen LogP contribution in [-0.4, -0.2) is 29.5 Å². The van der Waals surface area contributed by atoms with E-state index in [1.807, 2.05) is 0 Å². The van der Waals surface area contributed by atoms with Crippen molar-refractivity contribution >= 4 is 39.8 Å². The highest BCUT2D eigenvalue weighted by Crippen LogP contribution is 2.02. The molecule has 1 amide bonds. The maximum atomic E-state index is 11.1. The molecule has 0 spiro atoms. The molecular weight excluding hydrogens is 282 g/mol. The predicted molar refractivity (Wildman–Crippen MR) is 64.9 cm³/mol. The molecule has 4 nitrogen and oxygen atoms in total. The Hall–Kier alpha value is -0.230. The van der Waals surface area contributed by atoms with E-state index in [2.05, 4.69) is 25.4 Å². The summed E-state index contributed by atoms with van der Waals surface area (Å²) in [5.41, 5.74) is 0. The van der Waals surface area contributed by atoms with Crippen molar-refractivity contribution in [1.82, 2.24) is 5.32 Å². The number of nitrogens with one attached hydrogen (secondary N) is 1. The van der Waals surface area contributed by atoms with Crippen LogP contribution in [0.1, 0.15) is 26.2 Å². The Morgan fingerprint density at radius 2 is 2.07 bits per heavy atom. The minimum absolute atomic E-state index is 0.0971. The Balaban J connectivity index is 3.22. The number of hydrogen-bond acceptors (Lipinski definition) is 4. The van der Waals surface area contributed by atoms with E-state index in [1.54, 1.807) is 0 Å². The van der Waals surface area contributed by atoms with Crippen LogP contribution in [0.25, 0.3) is 0 Å². The zero-order chi connectivity index (χ0) is 11.5. The van der Waals surface area contributed by atoms with Crippen LogP contribution in [0.4, 0.5) is 0 Å². The Kier molecular flexibility index (Phi) is 10.1. The highest BCUT2D eigenvalue weighted by molar-refractivity contribution is 9.09. The van der Waals surface area contributed by atoms with Gasteiger partial charge >= 0.3 is 5.97 Å². The zero-order valence-electron chi connectivity index (χ0n) is 8.75. The average Bonchev–Trinajstić information content (AvgIpc) is 2.17. The van der Waals surface area contributed by atoms with Gasteiger partial charge in [0.05, 0.1) is 12.0 Å². The van der Waals surface area contributed by atoms with Crippen LogP contribution >= 0.6 is 28.0 Å². The fraction of sp³-hybridized carbons (Fsp3) is 0.778. The molecule has 0 bridgehead atoms. The average molecular weight is 298 g/mol. The summed E-state index contributed by atoms with van der Waals surface area (Å²) in [6.45, 7) is 2.00. The Bertz CT molecular complexity index is 202. The van der Waals surface area contributed by atoms with Gasteiger partial charge in [0, 0.05) is 18.8 Å². The number of hydrogen-bond donors (Lipinski definition) is 1. The topological polar surface area (TPSA) is 55.4 Å². The largest absolute Gasteiger partial charge is 0.391 e. The van der Waals surface area contributed by atoms with Gasteiger partial charge in [-0.3, -0.25) is 9.59 Å². The highest BCUT2D eigenvalue weighted by Gasteiger charge is 2.02. The number of unbranched alkanes of at least 4 members (excludes halogenated alkanes) is 2. The lowest BCUT2D eigenvalue weighted by molar-refractivity contribution is -0.130. The van der Waals surface area contributed by atoms with Gasteiger partial charge in [0.25, 0.3) is 0 Å². The molecule has 0 aromatic rings. The molecule has 0 unspecified atom stereocenters. The summed E-state index contributed by atoms with van der Waals surface area (Å²) in [6, 6.07) is 0. The van der Waals surface area contributed by atoms with Crippen LogP contribution in [0.3, 0.4) is 0 Å². The van der Waals surface area contributed by atoms with Crippen molar-refractivity contribution in [3.05, 3.63) is 0 Å². The molecular formula is C9H16BrNO3S. The van der Waals surface area contributed by atoms with E-state index in [9.17, 15) is 9.59 Å². The van der Waals surface area contributed by atoms with Crippen LogP contribution < -0.4 is 5.32 Å². The van der Waals surface area contributed by atoms with E-state index < -0.39 is 0 Å². The number of halogens is 1. The molecule has 0 heterocycles. The summed E-state index contributed by atoms with van der Waals surface area (Å²) >= 11 is 4.21. The fourth-order valence-corrected chi connectivity index (χ4v) is 1.67. The van der Waals surface area contributed by atoms with Crippen LogP contribution in [-0.2, 0) is 13.8 Å². The number of rotatable bonds is 8. The summed E-state index contributed by atoms with van der Waals surface area (Å²) in [4.78, 5) is 21.5. The summed E-state index contributed by atoms with van der Waals surface area (Å²) in [5, 5.41) is 3.75. The second-order valence-electron chi connectivity index (χ2n) is 2.94. The molecule has 6 heteroatoms. The van der Waals surface area contributed by atoms with E-state index in [-0.39, 0.29) is 17.6 Å². The first-order valence-electron chi connectivity index (χ1n) is 4.79. The van der Waals surface area contributed by atoms with Crippen LogP contribution in [0.5, 0.6) is 0 Å². The SMILES string of the molecule is CC(=O)OSCC(=O)NCCCCCBr. The number of carbonyl (C=O) groups excluding carboxylic acids is 2. The fourth-order valence-electron chi connectivity index (χ4n) is 0.841. The van der Waals surface area contributed by atoms with Crippen LogP contribution in [0, 0.1) is 0 Å². The lowest BCUT2D eigenvalue weighted by Crippen LogP contribution is -2.26. The molecule has 88 valence electrons. The molecule has 15 heavy (non-hydrogen) atoms. The van der Waals surface area contributed by atoms with Gasteiger partial charge in [-0.15, -0.1) is 0 Å². The zero-order valence-corrected chi connectivity index (χ0v) is 11.2. The molecule has 0 aliphatic rings. The second kappa shape index (κ2) is 10.3. The molecule has 0 aliphatic heterocycles. The van der Waals surface area contributed by atoms with Crippen molar-refractivity contribution in [2.75, 3.05) is 17.6 Å². The lowest BCUT2D eigenvalue weighted by atomic mass is 10.2. The summed E-state index contributed by atoms with van der Waals surface area (Å²) < 4.78 is 4.57. The molecule has 0 aromatic carbocycles. The minimum Gasteiger partial charge on any atom is -0.391 e. The number of amides is 1. The van der Waals surface area contributed by atoms with E-state index in [0.29, 0.717) is 6.54 Å². The van der Waals surface area contributed by atoms with E-state index in [1.165, 1.54) is 6.92 Å². The highest BCUT2D eigenvalue weighted by atomic mass is 79.9. The Morgan fingerprint density at radius 1 is 1.33 bits per heavy atom. The van der Waals surface area contributed by atoms with Crippen molar-refractivity contribution in [2.45, 2.75) is 26.2 Å². The van der Waals surface area contributed by atoms with Gasteiger partial charge in [-0.05, 0) is 12.8 Å². The molecule has 0 saturated carbocycles. The molecule has 0 aliphatic carbocycles. The maximum Gasteiger partial charge on any atom is 0.314 e. The smallest absolute Gasteiger partial charge is 0.314 e. The molecule has 0 rings (SSSR count). The minimum atomic E-state index is -0.384. The third kappa shape index (κ3) is 11.7. The van der Waals surface area contributed by atoms with E-state index in [4.69, 9.17) is 0 Å². The van der Waals surface area contributed by atoms with Gasteiger partial charge in [-0.1, -0.05) is 22.4 Å². The molecule has 0 saturated heterocycles. The van der Waals surface area contributed by atoms with Gasteiger partial charge in [0.1, 0.15) is 5.75 Å². The molecule has 0 atom stereocenters. The van der Waals surface area contributed by atoms with Crippen LogP contribution in [0.15, 0.2) is 0 Å². The van der Waals surface area contributed by atoms with Crippen molar-refractivity contribution in [2.24, 2.45) is 0 Å². The quantitative estimate of drug-likeness (QED) is 0.422. The monoisotopic (exact) mass is 297 g/mol. The van der Waals surface area contributed by atoms with Crippen molar-refractivity contribution in [3.8, 4) is 0 Å². The molecule has 0 radical (unpaired) electrons. The van der Waals surface area contributed by atoms with Crippen LogP contribution in [0.2, 0.25) is 0 Å². The Morgan fingerprint density at radius 3 is 2.67 bits per heavy atom. The van der Waals surface area contributed by atoms with Crippen molar-refractivity contribution in [3.63, 3.8) is 0 Å². The lowest BCUT2D eigenvalue weighted by Gasteiger charge is -2.03. The maximum absolute atomic E-state index is 11.1. The van der Waals surface area contributed by atoms with Crippen molar-refractivity contribution in [1.29, 1.82) is 0 Å². The summed E-state index contributed by atoms with van der Waals surface area (Å²) in [6.07, 6.45) is 3.20. The third-order valence-electron chi connectivity index (χ3n) is 1.50. The van der Waals surface area contributed by atoms with Gasteiger partial charge in [0.15, 0.2) is 0 Å². The first kappa shape index (κ1) is 14.8. The summed E-state index contributed by atoms with van der Waals surface area (Å²) in [7, 11) is 0. The van der Waals surface area contributed by atoms with Gasteiger partial charge in [-0.25, -0.2) is 0 Å². The normalized spacial score (nSPS) is 9.73. The predicted octanol–water partition coefficient (Wildman–Crippen LogP) is 1.88. The second-order valence-corrected chi connectivity index (χ2v) is 4.42. The number of alkyl halides is 1. The van der Waals surface area contributed by atoms with Gasteiger partial charge in [0.2, 0.25) is 5.91 Å². The third-order valence-corrected chi connectivity index (χ3v) is 2.79. The Labute approximate surface area is 103 Å². The van der Waals surface area contributed by atoms with Gasteiger partial charge in [-0.2, -0.15) is 0 Å². The summed E-state index contributed by atoms with van der Waals surface area (Å²) in [5.74, 6) is -0.317. The first-order chi connectivity index (χ1) is 7.16. The van der Waals surface area contributed by atoms with E-state index >= 15 is 0 Å². The van der Waals surface area contributed by atoms with Crippen molar-refractivity contribution < 1.29 is 13.8 Å².